The van der Waals surface area contributed by atoms with Crippen LogP contribution in [-0.2, 0) is 47.4 Å². The van der Waals surface area contributed by atoms with Gasteiger partial charge in [0.05, 0.1) is 67.5 Å². The fraction of sp³-hybridized carbons (Fsp3) is 0.976. The van der Waals surface area contributed by atoms with E-state index in [4.69, 9.17) is 42.6 Å². The van der Waals surface area contributed by atoms with E-state index >= 15 is 0 Å². The van der Waals surface area contributed by atoms with Gasteiger partial charge >= 0.3 is 5.97 Å². The van der Waals surface area contributed by atoms with E-state index < -0.39 is 96.1 Å². The van der Waals surface area contributed by atoms with Gasteiger partial charge in [0, 0.05) is 44.6 Å². The first-order chi connectivity index (χ1) is 27.0. The lowest BCUT2D eigenvalue weighted by Crippen LogP contribution is -2.67. The number of nitrogens with zero attached hydrogens (tertiary/aromatic N) is 1. The highest BCUT2D eigenvalue weighted by molar-refractivity contribution is 5.73. The molecule has 16 nitrogen and oxygen atoms in total. The molecule has 4 aliphatic heterocycles. The average molecular weight is 835 g/mol. The predicted octanol–water partition coefficient (Wildman–Crippen LogP) is 2.20. The van der Waals surface area contributed by atoms with Crippen LogP contribution < -0.4 is 5.32 Å². The summed E-state index contributed by atoms with van der Waals surface area (Å²) in [7, 11) is 6.90. The molecule has 0 radical (unpaired) electrons. The fourth-order valence-corrected chi connectivity index (χ4v) is 10.0. The Hall–Kier alpha value is -1.09. The van der Waals surface area contributed by atoms with Crippen LogP contribution in [0, 0.1) is 23.7 Å². The molecule has 4 saturated heterocycles. The fourth-order valence-electron chi connectivity index (χ4n) is 10.0. The number of nitrogens with one attached hydrogen (secondary N) is 1. The molecular weight excluding hydrogens is 756 g/mol. The monoisotopic (exact) mass is 835 g/mol. The van der Waals surface area contributed by atoms with Crippen LogP contribution in [-0.4, -0.2) is 176 Å². The summed E-state index contributed by atoms with van der Waals surface area (Å²) in [6, 6.07) is -0.593. The first kappa shape index (κ1) is 49.6. The topological polar surface area (TPSA) is 196 Å². The average Bonchev–Trinajstić information content (AvgIpc) is 3.15. The lowest BCUT2D eigenvalue weighted by Gasteiger charge is -2.52. The second kappa shape index (κ2) is 20.4. The number of aliphatic hydroxyl groups excluding tert-OH is 2. The third-order valence-corrected chi connectivity index (χ3v) is 13.5. The zero-order chi connectivity index (χ0) is 43.5. The Labute approximate surface area is 346 Å². The van der Waals surface area contributed by atoms with Crippen molar-refractivity contribution >= 4 is 5.97 Å². The summed E-state index contributed by atoms with van der Waals surface area (Å²) in [6.07, 6.45) is -8.29. The number of carbonyl (C=O) groups excluding carboxylic acids is 1. The number of esters is 1. The van der Waals surface area contributed by atoms with Crippen molar-refractivity contribution in [2.24, 2.45) is 23.7 Å². The normalized spacial score (nSPS) is 48.7. The van der Waals surface area contributed by atoms with E-state index in [1.165, 1.54) is 7.11 Å². The summed E-state index contributed by atoms with van der Waals surface area (Å²) >= 11 is 0. The largest absolute Gasteiger partial charge is 0.459 e. The van der Waals surface area contributed by atoms with Crippen LogP contribution in [0.3, 0.4) is 0 Å². The molecule has 58 heavy (non-hydrogen) atoms. The molecule has 20 atom stereocenters. The van der Waals surface area contributed by atoms with Gasteiger partial charge in [-0.15, -0.1) is 0 Å². The van der Waals surface area contributed by atoms with Crippen molar-refractivity contribution in [1.82, 2.24) is 10.2 Å². The Morgan fingerprint density at radius 3 is 2.19 bits per heavy atom. The first-order valence-corrected chi connectivity index (χ1v) is 21.4. The summed E-state index contributed by atoms with van der Waals surface area (Å²) in [5.41, 5.74) is -4.27. The minimum absolute atomic E-state index is 0.137. The van der Waals surface area contributed by atoms with Crippen molar-refractivity contribution in [2.45, 2.75) is 191 Å². The second-order valence-corrected chi connectivity index (χ2v) is 18.6. The third kappa shape index (κ3) is 11.1. The van der Waals surface area contributed by atoms with Gasteiger partial charge in [-0.25, -0.2) is 0 Å². The van der Waals surface area contributed by atoms with Crippen molar-refractivity contribution in [3.63, 3.8) is 0 Å². The maximum absolute atomic E-state index is 14.5. The molecule has 0 aromatic carbocycles. The third-order valence-electron chi connectivity index (χ3n) is 13.5. The van der Waals surface area contributed by atoms with Crippen molar-refractivity contribution in [3.8, 4) is 0 Å². The van der Waals surface area contributed by atoms with E-state index in [0.717, 1.165) is 0 Å². The summed E-state index contributed by atoms with van der Waals surface area (Å²) < 4.78 is 55.7. The van der Waals surface area contributed by atoms with E-state index in [-0.39, 0.29) is 55.9 Å². The molecule has 2 bridgehead atoms. The Balaban J connectivity index is 1.83. The van der Waals surface area contributed by atoms with Gasteiger partial charge in [-0.3, -0.25) is 10.1 Å². The number of hydrogen-bond donors (Lipinski definition) is 5. The van der Waals surface area contributed by atoms with Crippen molar-refractivity contribution in [3.05, 3.63) is 0 Å². The van der Waals surface area contributed by atoms with Crippen LogP contribution in [0.1, 0.15) is 94.9 Å². The highest BCUT2D eigenvalue weighted by Crippen LogP contribution is 2.43. The molecule has 0 aromatic heterocycles. The molecule has 0 amide bonds. The first-order valence-electron chi connectivity index (χ1n) is 21.4. The summed E-state index contributed by atoms with van der Waals surface area (Å²) in [6.45, 7) is 19.1. The van der Waals surface area contributed by atoms with E-state index in [0.29, 0.717) is 19.6 Å². The van der Waals surface area contributed by atoms with Gasteiger partial charge in [0.1, 0.15) is 30.1 Å². The molecular formula is C42H78N2O14. The minimum Gasteiger partial charge on any atom is -0.459 e. The SMILES string of the molecule is CC[C@H]1OC(=O)[C@@H](C)[C@@H](O[C@H]2C[C@@](C)(OC)[C@@H](O)[C@H](C)O2)[C@@H](C)[C@@H](O[C@@H]2O[C@H](C)C[C@H](N(C)C)[C@H]2O)[C@](C)(O)C[C@@H](C)[C@@H]2N[C@@H](COCCOC)O[C@H]([C@@H]2C)[C@]1(C)O. The molecule has 4 heterocycles. The number of fused-ring (bicyclic) bond motifs is 2. The highest BCUT2D eigenvalue weighted by Gasteiger charge is 2.55. The molecule has 4 rings (SSSR count). The Morgan fingerprint density at radius 1 is 0.914 bits per heavy atom. The highest BCUT2D eigenvalue weighted by atomic mass is 16.7. The van der Waals surface area contributed by atoms with Crippen LogP contribution >= 0.6 is 0 Å². The summed E-state index contributed by atoms with van der Waals surface area (Å²) in [4.78, 5) is 16.4. The van der Waals surface area contributed by atoms with Crippen LogP contribution in [0.5, 0.6) is 0 Å². The molecule has 0 saturated carbocycles. The van der Waals surface area contributed by atoms with Crippen LogP contribution in [0.4, 0.5) is 0 Å². The van der Waals surface area contributed by atoms with Gasteiger partial charge in [0.25, 0.3) is 0 Å². The number of likely N-dealkylation sites (N-methyl/N-ethyl adjacent to an activating group) is 1. The van der Waals surface area contributed by atoms with E-state index in [1.807, 2.05) is 53.6 Å². The quantitative estimate of drug-likeness (QED) is 0.142. The number of hydrogen-bond acceptors (Lipinski definition) is 16. The van der Waals surface area contributed by atoms with E-state index in [2.05, 4.69) is 5.32 Å². The van der Waals surface area contributed by atoms with Gasteiger partial charge in [-0.2, -0.15) is 0 Å². The Bertz CT molecular complexity index is 1290. The Morgan fingerprint density at radius 2 is 1.59 bits per heavy atom. The zero-order valence-electron chi connectivity index (χ0n) is 37.6. The Kier molecular flexibility index (Phi) is 17.4. The number of methoxy groups -OCH3 is 2. The molecule has 0 spiro atoms. The molecule has 0 aromatic rings. The lowest BCUT2D eigenvalue weighted by molar-refractivity contribution is -0.318. The zero-order valence-corrected chi connectivity index (χ0v) is 37.6. The molecule has 5 N–H and O–H groups in total. The molecule has 340 valence electrons. The molecule has 16 heteroatoms. The van der Waals surface area contributed by atoms with Crippen molar-refractivity contribution in [1.29, 1.82) is 0 Å². The smallest absolute Gasteiger partial charge is 0.311 e. The van der Waals surface area contributed by atoms with Gasteiger partial charge in [-0.05, 0) is 80.8 Å². The van der Waals surface area contributed by atoms with Gasteiger partial charge in [0.15, 0.2) is 12.6 Å². The standard InChI is InChI=1S/C42H78N2O14/c1-15-29-42(10,49)37-24(4)32(43-30(56-37)21-52-17-16-50-13)22(2)19-40(8,48)36(58-39-33(45)28(44(11)12)18-23(3)53-39)25(5)34(26(6)38(47)55-29)57-31-20-41(9,51-14)35(46)27(7)54-31/h22-37,39,43,45-46,48-49H,15-21H2,1-14H3/t22-,23-,24-,25-,26+,27+,28+,29-,30-,31+,32+,33-,34+,35+,36-,37-,39+,40-,41-,42-/m1/s1. The molecule has 0 aliphatic carbocycles. The summed E-state index contributed by atoms with van der Waals surface area (Å²) in [5, 5.41) is 51.5. The number of ether oxygens (including phenoxy) is 9. The molecule has 4 aliphatic rings. The van der Waals surface area contributed by atoms with E-state index in [1.54, 1.807) is 41.7 Å². The molecule has 0 unspecified atom stereocenters. The lowest BCUT2D eigenvalue weighted by atomic mass is 9.71. The number of carbonyl (C=O) groups is 1. The number of cyclic esters (lactones) is 1. The maximum Gasteiger partial charge on any atom is 0.311 e. The molecule has 4 fully saturated rings. The van der Waals surface area contributed by atoms with Gasteiger partial charge < -0.3 is 68.0 Å². The van der Waals surface area contributed by atoms with Gasteiger partial charge in [0.2, 0.25) is 0 Å². The van der Waals surface area contributed by atoms with Crippen LogP contribution in [0.15, 0.2) is 0 Å². The predicted molar refractivity (Wildman–Crippen MR) is 214 cm³/mol. The summed E-state index contributed by atoms with van der Waals surface area (Å²) in [5.74, 6) is -2.95. The van der Waals surface area contributed by atoms with Crippen LogP contribution in [0.2, 0.25) is 0 Å². The van der Waals surface area contributed by atoms with Gasteiger partial charge in [-0.1, -0.05) is 27.7 Å². The number of rotatable bonds is 12. The van der Waals surface area contributed by atoms with Crippen molar-refractivity contribution < 1.29 is 67.9 Å². The van der Waals surface area contributed by atoms with E-state index in [9.17, 15) is 25.2 Å². The minimum atomic E-state index is -1.64. The second-order valence-electron chi connectivity index (χ2n) is 18.6. The van der Waals surface area contributed by atoms with Crippen LogP contribution in [0.25, 0.3) is 0 Å². The maximum atomic E-state index is 14.5. The van der Waals surface area contributed by atoms with Crippen molar-refractivity contribution in [2.75, 3.05) is 48.1 Å². The number of aliphatic hydroxyl groups is 4.